The first-order chi connectivity index (χ1) is 12.8. The van der Waals surface area contributed by atoms with Gasteiger partial charge in [0.1, 0.15) is 11.9 Å². The topological polar surface area (TPSA) is 95.7 Å². The number of nitrogens with zero attached hydrogens (tertiary/aromatic N) is 3. The largest absolute Gasteiger partial charge is 0.480 e. The molecule has 2 rings (SSSR count). The Kier molecular flexibility index (Phi) is 6.92. The molecule has 27 heavy (non-hydrogen) atoms. The smallest absolute Gasteiger partial charge is 0.408 e. The van der Waals surface area contributed by atoms with E-state index in [1.165, 1.54) is 6.07 Å². The molecule has 2 N–H and O–H groups in total. The van der Waals surface area contributed by atoms with Crippen molar-refractivity contribution in [2.75, 3.05) is 6.54 Å². The molecule has 0 saturated heterocycles. The Balaban J connectivity index is 2.12. The molecule has 7 nitrogen and oxygen atoms in total. The Morgan fingerprint density at radius 3 is 2.56 bits per heavy atom. The standard InChI is InChI=1S/C19H24FN3O4/c1-13(2)9-17(18(24)25)23(19(26)27)8-7-15-10-21-12-22(15)11-14-5-3-4-6-16(14)20/h3-6,10,12-13,17H,7-9,11H2,1-2H3,(H,24,25)(H,26,27). The molecule has 0 bridgehead atoms. The zero-order valence-electron chi connectivity index (χ0n) is 15.4. The van der Waals surface area contributed by atoms with E-state index in [1.54, 1.807) is 35.3 Å². The number of aromatic nitrogens is 2. The molecule has 1 aromatic heterocycles. The number of halogens is 1. The van der Waals surface area contributed by atoms with Gasteiger partial charge in [-0.25, -0.2) is 19.0 Å². The minimum absolute atomic E-state index is 0.0159. The molecule has 0 fully saturated rings. The summed E-state index contributed by atoms with van der Waals surface area (Å²) in [7, 11) is 0. The van der Waals surface area contributed by atoms with Gasteiger partial charge in [-0.2, -0.15) is 0 Å². The van der Waals surface area contributed by atoms with Crippen LogP contribution in [0.3, 0.4) is 0 Å². The second kappa shape index (κ2) is 9.16. The minimum Gasteiger partial charge on any atom is -0.480 e. The van der Waals surface area contributed by atoms with Crippen molar-refractivity contribution in [1.29, 1.82) is 0 Å². The lowest BCUT2D eigenvalue weighted by molar-refractivity contribution is -0.143. The predicted octanol–water partition coefficient (Wildman–Crippen LogP) is 3.09. The van der Waals surface area contributed by atoms with Gasteiger partial charge in [0.25, 0.3) is 0 Å². The van der Waals surface area contributed by atoms with E-state index in [-0.39, 0.29) is 37.7 Å². The monoisotopic (exact) mass is 377 g/mol. The lowest BCUT2D eigenvalue weighted by atomic mass is 10.0. The normalized spacial score (nSPS) is 12.1. The average Bonchev–Trinajstić information content (AvgIpc) is 3.02. The van der Waals surface area contributed by atoms with Crippen molar-refractivity contribution in [3.05, 3.63) is 53.9 Å². The van der Waals surface area contributed by atoms with Crippen LogP contribution in [0.5, 0.6) is 0 Å². The van der Waals surface area contributed by atoms with Crippen molar-refractivity contribution in [2.45, 2.75) is 39.3 Å². The van der Waals surface area contributed by atoms with Crippen molar-refractivity contribution in [3.63, 3.8) is 0 Å². The summed E-state index contributed by atoms with van der Waals surface area (Å²) in [6.07, 6.45) is 2.37. The summed E-state index contributed by atoms with van der Waals surface area (Å²) in [6, 6.07) is 5.29. The number of imidazole rings is 1. The molecule has 0 aliphatic heterocycles. The highest BCUT2D eigenvalue weighted by Crippen LogP contribution is 2.15. The van der Waals surface area contributed by atoms with Crippen LogP contribution in [0.15, 0.2) is 36.8 Å². The molecule has 0 saturated carbocycles. The van der Waals surface area contributed by atoms with E-state index < -0.39 is 18.1 Å². The molecule has 1 atom stereocenters. The van der Waals surface area contributed by atoms with E-state index >= 15 is 0 Å². The van der Waals surface area contributed by atoms with E-state index in [9.17, 15) is 24.2 Å². The van der Waals surface area contributed by atoms with Gasteiger partial charge in [-0.3, -0.25) is 4.90 Å². The predicted molar refractivity (Wildman–Crippen MR) is 97.0 cm³/mol. The highest BCUT2D eigenvalue weighted by Gasteiger charge is 2.30. The van der Waals surface area contributed by atoms with E-state index in [1.807, 2.05) is 13.8 Å². The second-order valence-electron chi connectivity index (χ2n) is 6.81. The Hall–Kier alpha value is -2.90. The van der Waals surface area contributed by atoms with Crippen LogP contribution in [0.4, 0.5) is 9.18 Å². The van der Waals surface area contributed by atoms with E-state index in [2.05, 4.69) is 4.98 Å². The number of amides is 1. The first-order valence-electron chi connectivity index (χ1n) is 8.74. The highest BCUT2D eigenvalue weighted by molar-refractivity contribution is 5.79. The highest BCUT2D eigenvalue weighted by atomic mass is 19.1. The molecular weight excluding hydrogens is 353 g/mol. The summed E-state index contributed by atoms with van der Waals surface area (Å²) in [5.74, 6) is -1.45. The first-order valence-corrected chi connectivity index (χ1v) is 8.74. The number of hydrogen-bond donors (Lipinski definition) is 2. The summed E-state index contributed by atoms with van der Waals surface area (Å²) < 4.78 is 15.6. The second-order valence-corrected chi connectivity index (χ2v) is 6.81. The zero-order chi connectivity index (χ0) is 20.0. The van der Waals surface area contributed by atoms with Crippen LogP contribution in [0.2, 0.25) is 0 Å². The summed E-state index contributed by atoms with van der Waals surface area (Å²) in [5.41, 5.74) is 1.20. The van der Waals surface area contributed by atoms with E-state index in [0.717, 1.165) is 4.90 Å². The van der Waals surface area contributed by atoms with Crippen LogP contribution in [0.25, 0.3) is 0 Å². The summed E-state index contributed by atoms with van der Waals surface area (Å²) in [5, 5.41) is 18.9. The summed E-state index contributed by atoms with van der Waals surface area (Å²) >= 11 is 0. The number of carboxylic acid groups (broad SMARTS) is 2. The van der Waals surface area contributed by atoms with E-state index in [0.29, 0.717) is 11.3 Å². The van der Waals surface area contributed by atoms with Gasteiger partial charge in [-0.15, -0.1) is 0 Å². The SMILES string of the molecule is CC(C)CC(C(=O)O)N(CCc1cncn1Cc1ccccc1F)C(=O)O. The van der Waals surface area contributed by atoms with Crippen LogP contribution in [0.1, 0.15) is 31.5 Å². The molecule has 1 amide bonds. The molecule has 1 aromatic carbocycles. The van der Waals surface area contributed by atoms with Crippen LogP contribution in [0, 0.1) is 11.7 Å². The zero-order valence-corrected chi connectivity index (χ0v) is 15.4. The molecule has 0 aliphatic rings. The van der Waals surface area contributed by atoms with Crippen molar-refractivity contribution < 1.29 is 24.2 Å². The molecule has 2 aromatic rings. The Morgan fingerprint density at radius 1 is 1.26 bits per heavy atom. The number of carbonyl (C=O) groups is 2. The van der Waals surface area contributed by atoms with Gasteiger partial charge in [0.2, 0.25) is 0 Å². The molecule has 1 heterocycles. The van der Waals surface area contributed by atoms with Crippen LogP contribution in [-0.4, -0.2) is 49.3 Å². The van der Waals surface area contributed by atoms with Gasteiger partial charge in [-0.1, -0.05) is 32.0 Å². The van der Waals surface area contributed by atoms with Gasteiger partial charge in [0.05, 0.1) is 12.9 Å². The van der Waals surface area contributed by atoms with Gasteiger partial charge in [-0.05, 0) is 18.4 Å². The Labute approximate surface area is 157 Å². The third-order valence-electron chi connectivity index (χ3n) is 4.31. The maximum absolute atomic E-state index is 13.9. The summed E-state index contributed by atoms with van der Waals surface area (Å²) in [6.45, 7) is 3.98. The molecule has 146 valence electrons. The van der Waals surface area contributed by atoms with Crippen molar-refractivity contribution in [2.24, 2.45) is 5.92 Å². The van der Waals surface area contributed by atoms with Crippen molar-refractivity contribution in [1.82, 2.24) is 14.5 Å². The minimum atomic E-state index is -1.27. The number of rotatable bonds is 9. The van der Waals surface area contributed by atoms with Crippen LogP contribution >= 0.6 is 0 Å². The number of aliphatic carboxylic acids is 1. The molecule has 0 radical (unpaired) electrons. The quantitative estimate of drug-likeness (QED) is 0.700. The third kappa shape index (κ3) is 5.54. The molecule has 1 unspecified atom stereocenters. The number of benzene rings is 1. The van der Waals surface area contributed by atoms with Gasteiger partial charge >= 0.3 is 12.1 Å². The average molecular weight is 377 g/mol. The number of hydrogen-bond acceptors (Lipinski definition) is 3. The lowest BCUT2D eigenvalue weighted by Gasteiger charge is -2.27. The van der Waals surface area contributed by atoms with E-state index in [4.69, 9.17) is 0 Å². The summed E-state index contributed by atoms with van der Waals surface area (Å²) in [4.78, 5) is 28.1. The maximum atomic E-state index is 13.9. The Morgan fingerprint density at radius 2 is 1.96 bits per heavy atom. The molecule has 0 spiro atoms. The molecule has 0 aliphatic carbocycles. The fourth-order valence-electron chi connectivity index (χ4n) is 2.94. The van der Waals surface area contributed by atoms with Crippen molar-refractivity contribution in [3.8, 4) is 0 Å². The van der Waals surface area contributed by atoms with Gasteiger partial charge < -0.3 is 14.8 Å². The fourth-order valence-corrected chi connectivity index (χ4v) is 2.94. The first kappa shape index (κ1) is 20.4. The lowest BCUT2D eigenvalue weighted by Crippen LogP contribution is -2.46. The van der Waals surface area contributed by atoms with Crippen LogP contribution in [-0.2, 0) is 17.8 Å². The fraction of sp³-hybridized carbons (Fsp3) is 0.421. The van der Waals surface area contributed by atoms with Gasteiger partial charge in [0, 0.05) is 30.4 Å². The van der Waals surface area contributed by atoms with Crippen LogP contribution < -0.4 is 0 Å². The van der Waals surface area contributed by atoms with Crippen molar-refractivity contribution >= 4 is 12.1 Å². The third-order valence-corrected chi connectivity index (χ3v) is 4.31. The molecular formula is C19H24FN3O4. The maximum Gasteiger partial charge on any atom is 0.408 e. The van der Waals surface area contributed by atoms with Gasteiger partial charge in [0.15, 0.2) is 0 Å². The Bertz CT molecular complexity index is 791. The molecule has 8 heteroatoms. The number of carboxylic acids is 1.